The number of benzene rings is 1. The first-order valence-corrected chi connectivity index (χ1v) is 6.99. The maximum absolute atomic E-state index is 5.72. The summed E-state index contributed by atoms with van der Waals surface area (Å²) < 4.78 is 10.8. The van der Waals surface area contributed by atoms with Crippen LogP contribution in [-0.4, -0.2) is 23.7 Å². The molecule has 1 aromatic carbocycles. The molecule has 0 amide bonds. The lowest BCUT2D eigenvalue weighted by molar-refractivity contribution is 0.177. The predicted octanol–water partition coefficient (Wildman–Crippen LogP) is 2.79. The van der Waals surface area contributed by atoms with Crippen molar-refractivity contribution in [2.24, 2.45) is 0 Å². The molecule has 0 saturated carbocycles. The lowest BCUT2D eigenvalue weighted by atomic mass is 10.1. The molecule has 21 heavy (non-hydrogen) atoms. The van der Waals surface area contributed by atoms with Gasteiger partial charge in [0.05, 0.1) is 6.04 Å². The summed E-state index contributed by atoms with van der Waals surface area (Å²) >= 11 is 0. The zero-order valence-corrected chi connectivity index (χ0v) is 12.5. The fraction of sp³-hybridized carbons (Fsp3) is 0.375. The molecule has 2 aromatic rings. The van der Waals surface area contributed by atoms with Crippen molar-refractivity contribution in [3.05, 3.63) is 46.9 Å². The van der Waals surface area contributed by atoms with Crippen molar-refractivity contribution in [3.8, 4) is 5.75 Å². The minimum atomic E-state index is 0.115. The maximum Gasteiger partial charge on any atom is 0.156 e. The molecule has 0 aliphatic carbocycles. The molecule has 0 bridgehead atoms. The van der Waals surface area contributed by atoms with Gasteiger partial charge in [0.1, 0.15) is 24.8 Å². The number of hydrogen-bond donors (Lipinski definition) is 1. The van der Waals surface area contributed by atoms with Crippen LogP contribution in [0.4, 0.5) is 5.82 Å². The lowest BCUT2D eigenvalue weighted by Crippen LogP contribution is -2.14. The number of rotatable bonds is 4. The van der Waals surface area contributed by atoms with Gasteiger partial charge in [-0.05, 0) is 19.9 Å². The second-order valence-corrected chi connectivity index (χ2v) is 5.29. The van der Waals surface area contributed by atoms with Crippen LogP contribution in [0, 0.1) is 13.8 Å². The van der Waals surface area contributed by atoms with Gasteiger partial charge in [-0.2, -0.15) is 0 Å². The summed E-state index contributed by atoms with van der Waals surface area (Å²) in [4.78, 5) is 8.83. The molecule has 0 fully saturated rings. The minimum Gasteiger partial charge on any atom is -0.491 e. The van der Waals surface area contributed by atoms with Crippen LogP contribution in [0.3, 0.4) is 0 Å². The van der Waals surface area contributed by atoms with Gasteiger partial charge in [-0.25, -0.2) is 9.97 Å². The van der Waals surface area contributed by atoms with Crippen LogP contribution in [0.1, 0.15) is 28.7 Å². The van der Waals surface area contributed by atoms with E-state index in [1.807, 2.05) is 19.1 Å². The Morgan fingerprint density at radius 1 is 1.29 bits per heavy atom. The van der Waals surface area contributed by atoms with E-state index < -0.39 is 0 Å². The first-order chi connectivity index (χ1) is 10.2. The molecule has 2 heterocycles. The van der Waals surface area contributed by atoms with Crippen molar-refractivity contribution in [2.75, 3.05) is 19.0 Å². The van der Waals surface area contributed by atoms with Gasteiger partial charge in [0, 0.05) is 24.4 Å². The van der Waals surface area contributed by atoms with E-state index in [1.165, 1.54) is 11.1 Å². The molecular formula is C16H19N3O2. The number of ether oxygens (including phenoxy) is 2. The van der Waals surface area contributed by atoms with Gasteiger partial charge >= 0.3 is 0 Å². The van der Waals surface area contributed by atoms with E-state index in [0.29, 0.717) is 19.0 Å². The van der Waals surface area contributed by atoms with Crippen molar-refractivity contribution >= 4 is 5.82 Å². The standard InChI is InChI=1S/C16H19N3O2/c1-10-4-5-14-12(6-10)13(8-21-14)18-15-7-11(2)17-16(19-15)9-20-3/h4-7,13H,8-9H2,1-3H3,(H,17,18,19)/t13-/m1/s1. The third-order valence-electron chi connectivity index (χ3n) is 3.44. The Morgan fingerprint density at radius 2 is 2.14 bits per heavy atom. The van der Waals surface area contributed by atoms with Crippen molar-refractivity contribution in [3.63, 3.8) is 0 Å². The summed E-state index contributed by atoms with van der Waals surface area (Å²) in [5.74, 6) is 2.43. The van der Waals surface area contributed by atoms with E-state index in [-0.39, 0.29) is 6.04 Å². The fourth-order valence-electron chi connectivity index (χ4n) is 2.53. The Hall–Kier alpha value is -2.14. The van der Waals surface area contributed by atoms with Crippen LogP contribution in [0.25, 0.3) is 0 Å². The molecule has 1 atom stereocenters. The molecule has 1 aliphatic heterocycles. The molecule has 5 nitrogen and oxygen atoms in total. The summed E-state index contributed by atoms with van der Waals surface area (Å²) in [6, 6.07) is 8.29. The molecule has 1 aromatic heterocycles. The number of anilines is 1. The van der Waals surface area contributed by atoms with Crippen LogP contribution in [-0.2, 0) is 11.3 Å². The second kappa shape index (κ2) is 5.69. The molecule has 5 heteroatoms. The van der Waals surface area contributed by atoms with Gasteiger partial charge in [0.15, 0.2) is 5.82 Å². The molecule has 1 N–H and O–H groups in total. The number of aryl methyl sites for hydroxylation is 2. The van der Waals surface area contributed by atoms with Gasteiger partial charge in [0.25, 0.3) is 0 Å². The zero-order valence-electron chi connectivity index (χ0n) is 12.5. The number of nitrogens with one attached hydrogen (secondary N) is 1. The van der Waals surface area contributed by atoms with E-state index in [4.69, 9.17) is 9.47 Å². The molecule has 0 radical (unpaired) electrons. The highest BCUT2D eigenvalue weighted by Gasteiger charge is 2.24. The molecule has 0 saturated heterocycles. The van der Waals surface area contributed by atoms with Gasteiger partial charge in [0.2, 0.25) is 0 Å². The van der Waals surface area contributed by atoms with Crippen molar-refractivity contribution in [1.82, 2.24) is 9.97 Å². The Bertz CT molecular complexity index is 658. The molecule has 1 aliphatic rings. The number of fused-ring (bicyclic) bond motifs is 1. The molecule has 0 spiro atoms. The van der Waals surface area contributed by atoms with Crippen LogP contribution in [0.5, 0.6) is 5.75 Å². The van der Waals surface area contributed by atoms with Crippen LogP contribution < -0.4 is 10.1 Å². The van der Waals surface area contributed by atoms with Gasteiger partial charge < -0.3 is 14.8 Å². The zero-order chi connectivity index (χ0) is 14.8. The van der Waals surface area contributed by atoms with Crippen LogP contribution >= 0.6 is 0 Å². The smallest absolute Gasteiger partial charge is 0.156 e. The monoisotopic (exact) mass is 285 g/mol. The highest BCUT2D eigenvalue weighted by atomic mass is 16.5. The van der Waals surface area contributed by atoms with E-state index in [0.717, 1.165) is 17.3 Å². The minimum absolute atomic E-state index is 0.115. The second-order valence-electron chi connectivity index (χ2n) is 5.29. The van der Waals surface area contributed by atoms with E-state index in [9.17, 15) is 0 Å². The fourth-order valence-corrected chi connectivity index (χ4v) is 2.53. The maximum atomic E-state index is 5.72. The topological polar surface area (TPSA) is 56.3 Å². The van der Waals surface area contributed by atoms with Crippen molar-refractivity contribution in [1.29, 1.82) is 0 Å². The third-order valence-corrected chi connectivity index (χ3v) is 3.44. The SMILES string of the molecule is COCc1nc(C)cc(N[C@@H]2COc3ccc(C)cc32)n1. The van der Waals surface area contributed by atoms with Crippen LogP contribution in [0.15, 0.2) is 24.3 Å². The summed E-state index contributed by atoms with van der Waals surface area (Å²) in [7, 11) is 1.64. The van der Waals surface area contributed by atoms with Crippen molar-refractivity contribution in [2.45, 2.75) is 26.5 Å². The van der Waals surface area contributed by atoms with Gasteiger partial charge in [-0.1, -0.05) is 17.7 Å². The van der Waals surface area contributed by atoms with E-state index in [1.54, 1.807) is 7.11 Å². The number of nitrogens with zero attached hydrogens (tertiary/aromatic N) is 2. The average Bonchev–Trinajstić information content (AvgIpc) is 2.81. The highest BCUT2D eigenvalue weighted by Crippen LogP contribution is 2.34. The summed E-state index contributed by atoms with van der Waals surface area (Å²) in [6.45, 7) is 5.06. The molecular weight excluding hydrogens is 266 g/mol. The number of hydrogen-bond acceptors (Lipinski definition) is 5. The first-order valence-electron chi connectivity index (χ1n) is 6.99. The quantitative estimate of drug-likeness (QED) is 0.936. The molecule has 0 unspecified atom stereocenters. The number of aromatic nitrogens is 2. The van der Waals surface area contributed by atoms with E-state index >= 15 is 0 Å². The Balaban J connectivity index is 1.84. The van der Waals surface area contributed by atoms with Gasteiger partial charge in [-0.15, -0.1) is 0 Å². The Kier molecular flexibility index (Phi) is 3.75. The predicted molar refractivity (Wildman–Crippen MR) is 80.5 cm³/mol. The highest BCUT2D eigenvalue weighted by molar-refractivity contribution is 5.48. The normalized spacial score (nSPS) is 16.4. The summed E-state index contributed by atoms with van der Waals surface area (Å²) in [5, 5.41) is 3.43. The van der Waals surface area contributed by atoms with Crippen molar-refractivity contribution < 1.29 is 9.47 Å². The lowest BCUT2D eigenvalue weighted by Gasteiger charge is -2.14. The van der Waals surface area contributed by atoms with Crippen LogP contribution in [0.2, 0.25) is 0 Å². The third kappa shape index (κ3) is 2.97. The summed E-state index contributed by atoms with van der Waals surface area (Å²) in [6.07, 6.45) is 0. The van der Waals surface area contributed by atoms with E-state index in [2.05, 4.69) is 34.3 Å². The average molecular weight is 285 g/mol. The number of methoxy groups -OCH3 is 1. The summed E-state index contributed by atoms with van der Waals surface area (Å²) in [5.41, 5.74) is 3.33. The van der Waals surface area contributed by atoms with Gasteiger partial charge in [-0.3, -0.25) is 0 Å². The molecule has 3 rings (SSSR count). The first kappa shape index (κ1) is 13.8. The Labute approximate surface area is 124 Å². The largest absolute Gasteiger partial charge is 0.491 e. The Morgan fingerprint density at radius 3 is 2.95 bits per heavy atom. The molecule has 110 valence electrons.